The second kappa shape index (κ2) is 3.82. The van der Waals surface area contributed by atoms with E-state index < -0.39 is 0 Å². The van der Waals surface area contributed by atoms with Gasteiger partial charge in [0.1, 0.15) is 0 Å². The zero-order valence-electron chi connectivity index (χ0n) is 8.95. The van der Waals surface area contributed by atoms with Crippen molar-refractivity contribution in [3.05, 3.63) is 0 Å². The minimum atomic E-state index is 0.612. The lowest BCUT2D eigenvalue weighted by Crippen LogP contribution is -2.48. The van der Waals surface area contributed by atoms with Crippen LogP contribution in [0.1, 0.15) is 32.1 Å². The molecule has 4 aliphatic heterocycles. The molecule has 2 unspecified atom stereocenters. The molecule has 4 aliphatic rings. The Balaban J connectivity index is 1.57. The zero-order valence-corrected chi connectivity index (χ0v) is 8.95. The first kappa shape index (κ1) is 9.17. The third-order valence-electron chi connectivity index (χ3n) is 4.38. The van der Waals surface area contributed by atoms with Crippen LogP contribution in [0, 0.1) is 11.8 Å². The van der Waals surface area contributed by atoms with Crippen LogP contribution < -0.4 is 0 Å². The number of rotatable bonds is 2. The Morgan fingerprint density at radius 1 is 1.14 bits per heavy atom. The molecular formula is C12H21NO. The van der Waals surface area contributed by atoms with E-state index in [4.69, 9.17) is 4.74 Å². The van der Waals surface area contributed by atoms with Crippen LogP contribution in [0.5, 0.6) is 0 Å². The van der Waals surface area contributed by atoms with E-state index in [-0.39, 0.29) is 0 Å². The van der Waals surface area contributed by atoms with Crippen molar-refractivity contribution in [2.24, 2.45) is 11.8 Å². The lowest BCUT2D eigenvalue weighted by Gasteiger charge is -2.45. The first-order valence-electron chi connectivity index (χ1n) is 6.26. The fourth-order valence-electron chi connectivity index (χ4n) is 3.52. The number of piperidine rings is 3. The maximum atomic E-state index is 5.74. The van der Waals surface area contributed by atoms with Gasteiger partial charge >= 0.3 is 0 Å². The van der Waals surface area contributed by atoms with Gasteiger partial charge in [0, 0.05) is 13.2 Å². The summed E-state index contributed by atoms with van der Waals surface area (Å²) in [5, 5.41) is 0. The summed E-state index contributed by atoms with van der Waals surface area (Å²) in [7, 11) is 0. The van der Waals surface area contributed by atoms with E-state index in [0.29, 0.717) is 6.10 Å². The highest BCUT2D eigenvalue weighted by Crippen LogP contribution is 2.36. The van der Waals surface area contributed by atoms with Crippen LogP contribution in [-0.4, -0.2) is 37.2 Å². The Labute approximate surface area is 86.6 Å². The third kappa shape index (κ3) is 1.70. The third-order valence-corrected chi connectivity index (χ3v) is 4.38. The van der Waals surface area contributed by atoms with Crippen molar-refractivity contribution in [2.75, 3.05) is 26.2 Å². The van der Waals surface area contributed by atoms with E-state index in [2.05, 4.69) is 4.90 Å². The minimum absolute atomic E-state index is 0.612. The lowest BCUT2D eigenvalue weighted by atomic mass is 9.76. The first-order chi connectivity index (χ1) is 6.92. The number of nitrogens with zero attached hydrogens (tertiary/aromatic N) is 1. The largest absolute Gasteiger partial charge is 0.378 e. The molecule has 0 aromatic rings. The van der Waals surface area contributed by atoms with Gasteiger partial charge in [-0.05, 0) is 57.0 Å². The quantitative estimate of drug-likeness (QED) is 0.667. The van der Waals surface area contributed by atoms with Gasteiger partial charge in [0.2, 0.25) is 0 Å². The fraction of sp³-hybridized carbons (Fsp3) is 1.00. The molecule has 2 atom stereocenters. The second-order valence-electron chi connectivity index (χ2n) is 5.27. The van der Waals surface area contributed by atoms with Gasteiger partial charge in [-0.1, -0.05) is 0 Å². The zero-order chi connectivity index (χ0) is 9.38. The lowest BCUT2D eigenvalue weighted by molar-refractivity contribution is 0.0107. The molecule has 14 heavy (non-hydrogen) atoms. The number of fused-ring (bicyclic) bond motifs is 3. The minimum Gasteiger partial charge on any atom is -0.378 e. The van der Waals surface area contributed by atoms with Crippen molar-refractivity contribution in [1.82, 2.24) is 4.90 Å². The van der Waals surface area contributed by atoms with Gasteiger partial charge < -0.3 is 9.64 Å². The molecule has 2 nitrogen and oxygen atoms in total. The monoisotopic (exact) mass is 195 g/mol. The molecule has 0 N–H and O–H groups in total. The fourth-order valence-corrected chi connectivity index (χ4v) is 3.52. The molecule has 2 bridgehead atoms. The van der Waals surface area contributed by atoms with Crippen molar-refractivity contribution < 1.29 is 4.74 Å². The van der Waals surface area contributed by atoms with Crippen LogP contribution in [0.15, 0.2) is 0 Å². The standard InChI is InChI=1S/C12H21NO/c1-2-12(14-7-1)8-11-9-13-5-3-10(11)4-6-13/h10-12H,1-9H2. The van der Waals surface area contributed by atoms with E-state index >= 15 is 0 Å². The SMILES string of the molecule is C1COC(CC2CN3CCC2CC3)C1. The van der Waals surface area contributed by atoms with Gasteiger partial charge in [-0.3, -0.25) is 0 Å². The summed E-state index contributed by atoms with van der Waals surface area (Å²) in [5.74, 6) is 1.99. The van der Waals surface area contributed by atoms with Gasteiger partial charge in [-0.15, -0.1) is 0 Å². The predicted octanol–water partition coefficient (Wildman–Crippen LogP) is 1.90. The van der Waals surface area contributed by atoms with E-state index in [1.54, 1.807) is 0 Å². The van der Waals surface area contributed by atoms with E-state index in [1.165, 1.54) is 51.7 Å². The summed E-state index contributed by atoms with van der Waals surface area (Å²) in [6, 6.07) is 0. The molecule has 4 fully saturated rings. The highest BCUT2D eigenvalue weighted by atomic mass is 16.5. The Bertz CT molecular complexity index is 192. The smallest absolute Gasteiger partial charge is 0.0579 e. The van der Waals surface area contributed by atoms with E-state index in [9.17, 15) is 0 Å². The average molecular weight is 195 g/mol. The summed E-state index contributed by atoms with van der Waals surface area (Å²) in [6.45, 7) is 5.12. The van der Waals surface area contributed by atoms with Crippen molar-refractivity contribution in [3.8, 4) is 0 Å². The van der Waals surface area contributed by atoms with Crippen molar-refractivity contribution in [3.63, 3.8) is 0 Å². The molecule has 0 aliphatic carbocycles. The Morgan fingerprint density at radius 2 is 2.00 bits per heavy atom. The molecule has 0 aromatic carbocycles. The van der Waals surface area contributed by atoms with Crippen LogP contribution in [0.2, 0.25) is 0 Å². The topological polar surface area (TPSA) is 12.5 Å². The van der Waals surface area contributed by atoms with Crippen LogP contribution in [0.4, 0.5) is 0 Å². The summed E-state index contributed by atoms with van der Waals surface area (Å²) >= 11 is 0. The highest BCUT2D eigenvalue weighted by Gasteiger charge is 2.35. The average Bonchev–Trinajstić information content (AvgIpc) is 2.72. The summed E-state index contributed by atoms with van der Waals surface area (Å²) in [6.07, 6.45) is 7.49. The molecule has 4 heterocycles. The van der Waals surface area contributed by atoms with Crippen molar-refractivity contribution >= 4 is 0 Å². The molecule has 0 radical (unpaired) electrons. The second-order valence-corrected chi connectivity index (χ2v) is 5.27. The van der Waals surface area contributed by atoms with Crippen LogP contribution in [-0.2, 0) is 4.74 Å². The van der Waals surface area contributed by atoms with Gasteiger partial charge in [-0.25, -0.2) is 0 Å². The molecule has 4 saturated heterocycles. The van der Waals surface area contributed by atoms with Crippen molar-refractivity contribution in [1.29, 1.82) is 0 Å². The first-order valence-corrected chi connectivity index (χ1v) is 6.26. The van der Waals surface area contributed by atoms with Crippen LogP contribution in [0.25, 0.3) is 0 Å². The molecular weight excluding hydrogens is 174 g/mol. The highest BCUT2D eigenvalue weighted by molar-refractivity contribution is 4.88. The Morgan fingerprint density at radius 3 is 2.57 bits per heavy atom. The number of ether oxygens (including phenoxy) is 1. The normalized spacial score (nSPS) is 47.1. The summed E-state index contributed by atoms with van der Waals surface area (Å²) < 4.78 is 5.74. The predicted molar refractivity (Wildman–Crippen MR) is 56.2 cm³/mol. The summed E-state index contributed by atoms with van der Waals surface area (Å²) in [4.78, 5) is 2.65. The van der Waals surface area contributed by atoms with Gasteiger partial charge in [0.05, 0.1) is 6.10 Å². The molecule has 0 aromatic heterocycles. The molecule has 0 amide bonds. The molecule has 4 rings (SSSR count). The Hall–Kier alpha value is -0.0800. The maximum absolute atomic E-state index is 5.74. The maximum Gasteiger partial charge on any atom is 0.0579 e. The summed E-state index contributed by atoms with van der Waals surface area (Å²) in [5.41, 5.74) is 0. The Kier molecular flexibility index (Phi) is 2.50. The number of hydrogen-bond donors (Lipinski definition) is 0. The van der Waals surface area contributed by atoms with Crippen LogP contribution >= 0.6 is 0 Å². The number of hydrogen-bond acceptors (Lipinski definition) is 2. The van der Waals surface area contributed by atoms with Crippen LogP contribution in [0.3, 0.4) is 0 Å². The molecule has 0 spiro atoms. The van der Waals surface area contributed by atoms with Gasteiger partial charge in [0.15, 0.2) is 0 Å². The van der Waals surface area contributed by atoms with Gasteiger partial charge in [0.25, 0.3) is 0 Å². The van der Waals surface area contributed by atoms with E-state index in [1.807, 2.05) is 0 Å². The molecule has 2 heteroatoms. The molecule has 0 saturated carbocycles. The molecule has 80 valence electrons. The van der Waals surface area contributed by atoms with E-state index in [0.717, 1.165) is 18.4 Å². The van der Waals surface area contributed by atoms with Crippen molar-refractivity contribution in [2.45, 2.75) is 38.2 Å². The van der Waals surface area contributed by atoms with Gasteiger partial charge in [-0.2, -0.15) is 0 Å².